The largest absolute Gasteiger partial charge is 0.497 e. The summed E-state index contributed by atoms with van der Waals surface area (Å²) in [6, 6.07) is 14.4. The lowest BCUT2D eigenvalue weighted by Gasteiger charge is -2.39. The van der Waals surface area contributed by atoms with E-state index in [0.29, 0.717) is 44.8 Å². The molecule has 2 fully saturated rings. The number of methoxy groups -OCH3 is 1. The zero-order valence-electron chi connectivity index (χ0n) is 19.1. The van der Waals surface area contributed by atoms with Crippen LogP contribution in [-0.2, 0) is 9.59 Å². The molecular formula is C25H30N4O4. The Labute approximate surface area is 194 Å². The van der Waals surface area contributed by atoms with E-state index in [1.807, 2.05) is 49.4 Å². The minimum atomic E-state index is -0.794. The Bertz CT molecular complexity index is 1020. The topological polar surface area (TPSA) is 82.2 Å². The van der Waals surface area contributed by atoms with Gasteiger partial charge in [-0.3, -0.25) is 14.4 Å². The van der Waals surface area contributed by atoms with Crippen molar-refractivity contribution >= 4 is 23.4 Å². The van der Waals surface area contributed by atoms with Gasteiger partial charge in [0.15, 0.2) is 0 Å². The van der Waals surface area contributed by atoms with E-state index >= 15 is 0 Å². The molecule has 0 aliphatic carbocycles. The smallest absolute Gasteiger partial charge is 0.254 e. The van der Waals surface area contributed by atoms with E-state index in [4.69, 9.17) is 4.74 Å². The van der Waals surface area contributed by atoms with Crippen LogP contribution >= 0.6 is 0 Å². The van der Waals surface area contributed by atoms with Crippen molar-refractivity contribution in [3.05, 3.63) is 59.7 Å². The molecule has 2 aliphatic heterocycles. The molecule has 4 rings (SSSR count). The van der Waals surface area contributed by atoms with Gasteiger partial charge in [-0.1, -0.05) is 18.2 Å². The Morgan fingerprint density at radius 3 is 2.36 bits per heavy atom. The number of ether oxygens (including phenoxy) is 1. The summed E-state index contributed by atoms with van der Waals surface area (Å²) in [5.74, 6) is 0.232. The van der Waals surface area contributed by atoms with Crippen LogP contribution < -0.4 is 15.0 Å². The highest BCUT2D eigenvalue weighted by Crippen LogP contribution is 2.22. The van der Waals surface area contributed by atoms with E-state index in [-0.39, 0.29) is 24.1 Å². The zero-order chi connectivity index (χ0) is 23.4. The Kier molecular flexibility index (Phi) is 6.82. The van der Waals surface area contributed by atoms with Crippen molar-refractivity contribution in [3.8, 4) is 5.75 Å². The maximum Gasteiger partial charge on any atom is 0.254 e. The van der Waals surface area contributed by atoms with Crippen LogP contribution in [0.4, 0.5) is 5.69 Å². The highest BCUT2D eigenvalue weighted by Gasteiger charge is 2.37. The number of carbonyl (C=O) groups is 3. The Hall–Kier alpha value is -3.55. The van der Waals surface area contributed by atoms with Crippen molar-refractivity contribution in [2.45, 2.75) is 19.4 Å². The van der Waals surface area contributed by atoms with E-state index in [1.165, 1.54) is 0 Å². The van der Waals surface area contributed by atoms with E-state index in [2.05, 4.69) is 10.2 Å². The number of hydrogen-bond donors (Lipinski definition) is 1. The molecule has 0 aromatic heterocycles. The minimum Gasteiger partial charge on any atom is -0.497 e. The molecule has 174 valence electrons. The number of anilines is 1. The molecular weight excluding hydrogens is 420 g/mol. The predicted molar refractivity (Wildman–Crippen MR) is 125 cm³/mol. The molecule has 33 heavy (non-hydrogen) atoms. The van der Waals surface area contributed by atoms with Crippen molar-refractivity contribution in [1.29, 1.82) is 0 Å². The van der Waals surface area contributed by atoms with E-state index in [1.54, 1.807) is 23.0 Å². The average Bonchev–Trinajstić information content (AvgIpc) is 2.85. The van der Waals surface area contributed by atoms with Gasteiger partial charge in [0.25, 0.3) is 5.91 Å². The van der Waals surface area contributed by atoms with Gasteiger partial charge in [-0.25, -0.2) is 0 Å². The summed E-state index contributed by atoms with van der Waals surface area (Å²) in [6.07, 6.45) is -0.00795. The number of hydrogen-bond acceptors (Lipinski definition) is 5. The van der Waals surface area contributed by atoms with Crippen molar-refractivity contribution in [2.24, 2.45) is 0 Å². The fraction of sp³-hybridized carbons (Fsp3) is 0.400. The molecule has 2 aromatic carbocycles. The van der Waals surface area contributed by atoms with Gasteiger partial charge >= 0.3 is 0 Å². The van der Waals surface area contributed by atoms with Gasteiger partial charge in [0.05, 0.1) is 13.5 Å². The fourth-order valence-electron chi connectivity index (χ4n) is 4.43. The fourth-order valence-corrected chi connectivity index (χ4v) is 4.43. The molecule has 1 N–H and O–H groups in total. The monoisotopic (exact) mass is 450 g/mol. The Morgan fingerprint density at radius 2 is 1.70 bits per heavy atom. The van der Waals surface area contributed by atoms with Crippen molar-refractivity contribution < 1.29 is 19.1 Å². The number of amides is 3. The third-order valence-electron chi connectivity index (χ3n) is 6.41. The second-order valence-corrected chi connectivity index (χ2v) is 8.39. The number of nitrogens with one attached hydrogen (secondary N) is 1. The second kappa shape index (κ2) is 9.94. The second-order valence-electron chi connectivity index (χ2n) is 8.39. The molecule has 0 spiro atoms. The molecule has 8 nitrogen and oxygen atoms in total. The van der Waals surface area contributed by atoms with Crippen LogP contribution in [0.15, 0.2) is 48.5 Å². The van der Waals surface area contributed by atoms with Gasteiger partial charge in [-0.2, -0.15) is 0 Å². The van der Waals surface area contributed by atoms with Crippen LogP contribution in [0.3, 0.4) is 0 Å². The van der Waals surface area contributed by atoms with Crippen LogP contribution in [0.2, 0.25) is 0 Å². The number of benzene rings is 2. The lowest BCUT2D eigenvalue weighted by Crippen LogP contribution is -2.59. The molecule has 2 heterocycles. The highest BCUT2D eigenvalue weighted by molar-refractivity contribution is 6.00. The van der Waals surface area contributed by atoms with Crippen LogP contribution in [0.25, 0.3) is 0 Å². The average molecular weight is 451 g/mol. The number of carbonyl (C=O) groups excluding carboxylic acids is 3. The molecule has 0 radical (unpaired) electrons. The summed E-state index contributed by atoms with van der Waals surface area (Å²) in [5.41, 5.74) is 2.51. The molecule has 0 bridgehead atoms. The lowest BCUT2D eigenvalue weighted by atomic mass is 10.0. The van der Waals surface area contributed by atoms with Crippen LogP contribution in [-0.4, -0.2) is 79.9 Å². The van der Waals surface area contributed by atoms with E-state index < -0.39 is 6.04 Å². The molecule has 2 aromatic rings. The summed E-state index contributed by atoms with van der Waals surface area (Å²) in [5, 5.41) is 2.81. The number of aryl methyl sites for hydroxylation is 1. The molecule has 0 saturated carbocycles. The lowest BCUT2D eigenvalue weighted by molar-refractivity contribution is -0.138. The predicted octanol–water partition coefficient (Wildman–Crippen LogP) is 1.68. The summed E-state index contributed by atoms with van der Waals surface area (Å²) in [6.45, 7) is 5.22. The first-order valence-electron chi connectivity index (χ1n) is 11.3. The zero-order valence-corrected chi connectivity index (χ0v) is 19.1. The highest BCUT2D eigenvalue weighted by atomic mass is 16.5. The van der Waals surface area contributed by atoms with Gasteiger partial charge in [0, 0.05) is 50.5 Å². The van der Waals surface area contributed by atoms with Crippen molar-refractivity contribution in [2.75, 3.05) is 51.3 Å². The van der Waals surface area contributed by atoms with Crippen molar-refractivity contribution in [1.82, 2.24) is 15.1 Å². The van der Waals surface area contributed by atoms with Gasteiger partial charge in [0.2, 0.25) is 11.8 Å². The number of nitrogens with zero attached hydrogens (tertiary/aromatic N) is 3. The molecule has 3 amide bonds. The third-order valence-corrected chi connectivity index (χ3v) is 6.41. The first-order valence-corrected chi connectivity index (χ1v) is 11.3. The third kappa shape index (κ3) is 4.94. The molecule has 8 heteroatoms. The summed E-state index contributed by atoms with van der Waals surface area (Å²) in [4.78, 5) is 44.5. The maximum atomic E-state index is 13.2. The Morgan fingerprint density at radius 1 is 1.00 bits per heavy atom. The SMILES string of the molecule is COc1ccc(N2CCN(C(=O)C[C@H]3C(=O)NCCN3C(=O)c3ccccc3C)CC2)cc1. The quantitative estimate of drug-likeness (QED) is 0.750. The van der Waals surface area contributed by atoms with Gasteiger partial charge in [0.1, 0.15) is 11.8 Å². The molecule has 2 saturated heterocycles. The van der Waals surface area contributed by atoms with Gasteiger partial charge in [-0.05, 0) is 42.8 Å². The van der Waals surface area contributed by atoms with E-state index in [0.717, 1.165) is 17.0 Å². The minimum absolute atomic E-state index is 0.00795. The first kappa shape index (κ1) is 22.6. The van der Waals surface area contributed by atoms with E-state index in [9.17, 15) is 14.4 Å². The van der Waals surface area contributed by atoms with Crippen LogP contribution in [0.1, 0.15) is 22.3 Å². The molecule has 1 atom stereocenters. The summed E-state index contributed by atoms with van der Waals surface area (Å²) < 4.78 is 5.21. The molecule has 0 unspecified atom stereocenters. The first-order chi connectivity index (χ1) is 16.0. The normalized spacial score (nSPS) is 18.7. The molecule has 2 aliphatic rings. The van der Waals surface area contributed by atoms with Gasteiger partial charge < -0.3 is 24.8 Å². The summed E-state index contributed by atoms with van der Waals surface area (Å²) in [7, 11) is 1.64. The van der Waals surface area contributed by atoms with Crippen molar-refractivity contribution in [3.63, 3.8) is 0 Å². The standard InChI is InChI=1S/C25H30N4O4/c1-18-5-3-4-6-21(18)25(32)29-12-11-26-24(31)22(29)17-23(30)28-15-13-27(14-16-28)19-7-9-20(33-2)10-8-19/h3-10,22H,11-17H2,1-2H3,(H,26,31)/t22-/m0/s1. The number of piperazine rings is 2. The van der Waals surface area contributed by atoms with Crippen LogP contribution in [0, 0.1) is 6.92 Å². The number of rotatable bonds is 5. The van der Waals surface area contributed by atoms with Crippen LogP contribution in [0.5, 0.6) is 5.75 Å². The Balaban J connectivity index is 1.39. The summed E-state index contributed by atoms with van der Waals surface area (Å²) >= 11 is 0. The van der Waals surface area contributed by atoms with Gasteiger partial charge in [-0.15, -0.1) is 0 Å². The maximum absolute atomic E-state index is 13.2.